The lowest BCUT2D eigenvalue weighted by atomic mass is 10.2. The van der Waals surface area contributed by atoms with E-state index >= 15 is 0 Å². The average molecular weight is 416 g/mol. The molecule has 2 aromatic rings. The summed E-state index contributed by atoms with van der Waals surface area (Å²) in [5, 5.41) is 4.03. The van der Waals surface area contributed by atoms with Gasteiger partial charge in [-0.25, -0.2) is 0 Å². The van der Waals surface area contributed by atoms with E-state index in [1.54, 1.807) is 0 Å². The van der Waals surface area contributed by atoms with Crippen molar-refractivity contribution in [3.05, 3.63) is 33.0 Å². The summed E-state index contributed by atoms with van der Waals surface area (Å²) in [6.07, 6.45) is 2.49. The van der Waals surface area contributed by atoms with E-state index in [4.69, 9.17) is 10.3 Å². The van der Waals surface area contributed by atoms with Crippen LogP contribution in [0.5, 0.6) is 0 Å². The number of benzene rings is 1. The van der Waals surface area contributed by atoms with Crippen LogP contribution in [0.3, 0.4) is 0 Å². The summed E-state index contributed by atoms with van der Waals surface area (Å²) >= 11 is 6.91. The molecule has 112 valence electrons. The van der Waals surface area contributed by atoms with Crippen molar-refractivity contribution < 1.29 is 4.52 Å². The van der Waals surface area contributed by atoms with Crippen molar-refractivity contribution in [3.8, 4) is 11.5 Å². The van der Waals surface area contributed by atoms with Gasteiger partial charge in [0.15, 0.2) is 5.82 Å². The lowest BCUT2D eigenvalue weighted by molar-refractivity contribution is 0.306. The summed E-state index contributed by atoms with van der Waals surface area (Å²) in [7, 11) is 0. The van der Waals surface area contributed by atoms with Crippen molar-refractivity contribution in [1.82, 2.24) is 15.0 Å². The summed E-state index contributed by atoms with van der Waals surface area (Å²) in [5.41, 5.74) is 7.05. The Hall–Kier alpha value is -0.760. The first-order valence-corrected chi connectivity index (χ1v) is 8.48. The zero-order valence-electron chi connectivity index (χ0n) is 11.4. The molecule has 2 heterocycles. The van der Waals surface area contributed by atoms with Crippen molar-refractivity contribution in [1.29, 1.82) is 0 Å². The van der Waals surface area contributed by atoms with Gasteiger partial charge < -0.3 is 15.2 Å². The van der Waals surface area contributed by atoms with E-state index in [1.165, 1.54) is 12.8 Å². The second kappa shape index (κ2) is 6.56. The van der Waals surface area contributed by atoms with Crippen molar-refractivity contribution in [3.63, 3.8) is 0 Å². The van der Waals surface area contributed by atoms with Crippen LogP contribution in [-0.4, -0.2) is 34.7 Å². The third kappa shape index (κ3) is 3.71. The molecule has 2 N–H and O–H groups in total. The Kier molecular flexibility index (Phi) is 4.73. The molecule has 1 unspecified atom stereocenters. The van der Waals surface area contributed by atoms with Crippen LogP contribution in [0.2, 0.25) is 0 Å². The van der Waals surface area contributed by atoms with Crippen LogP contribution in [0.4, 0.5) is 0 Å². The second-order valence-corrected chi connectivity index (χ2v) is 7.06. The third-order valence-electron chi connectivity index (χ3n) is 3.54. The molecule has 1 fully saturated rings. The van der Waals surface area contributed by atoms with E-state index < -0.39 is 0 Å². The van der Waals surface area contributed by atoms with Crippen molar-refractivity contribution in [2.75, 3.05) is 19.6 Å². The molecule has 1 atom stereocenters. The van der Waals surface area contributed by atoms with E-state index in [0.717, 1.165) is 34.1 Å². The van der Waals surface area contributed by atoms with Crippen LogP contribution < -0.4 is 5.73 Å². The van der Waals surface area contributed by atoms with Crippen LogP contribution in [0, 0.1) is 0 Å². The molecule has 3 rings (SSSR count). The standard InChI is InChI=1S/C14H16Br2N4O/c15-10-5-9(6-11(16)7-10)14-18-13(19-21-14)12(17)8-20-3-1-2-4-20/h5-7,12H,1-4,8,17H2. The van der Waals surface area contributed by atoms with Gasteiger partial charge in [-0.1, -0.05) is 37.0 Å². The zero-order valence-corrected chi connectivity index (χ0v) is 14.6. The van der Waals surface area contributed by atoms with Gasteiger partial charge in [0.25, 0.3) is 5.89 Å². The SMILES string of the molecule is NC(CN1CCCC1)c1noc(-c2cc(Br)cc(Br)c2)n1. The van der Waals surface area contributed by atoms with Crippen LogP contribution in [0.25, 0.3) is 11.5 Å². The number of nitrogens with zero attached hydrogens (tertiary/aromatic N) is 3. The molecule has 0 bridgehead atoms. The molecule has 1 saturated heterocycles. The maximum Gasteiger partial charge on any atom is 0.258 e. The van der Waals surface area contributed by atoms with E-state index in [-0.39, 0.29) is 6.04 Å². The van der Waals surface area contributed by atoms with E-state index in [0.29, 0.717) is 11.7 Å². The molecule has 0 spiro atoms. The number of hydrogen-bond donors (Lipinski definition) is 1. The Labute approximate surface area is 140 Å². The molecule has 0 aliphatic carbocycles. The van der Waals surface area contributed by atoms with Crippen molar-refractivity contribution in [2.45, 2.75) is 18.9 Å². The largest absolute Gasteiger partial charge is 0.334 e. The molecule has 1 aromatic heterocycles. The fourth-order valence-electron chi connectivity index (χ4n) is 2.51. The molecule has 21 heavy (non-hydrogen) atoms. The monoisotopic (exact) mass is 414 g/mol. The maximum absolute atomic E-state index is 6.18. The first-order chi connectivity index (χ1) is 10.1. The first-order valence-electron chi connectivity index (χ1n) is 6.90. The summed E-state index contributed by atoms with van der Waals surface area (Å²) in [4.78, 5) is 6.78. The van der Waals surface area contributed by atoms with Gasteiger partial charge in [0, 0.05) is 21.1 Å². The fraction of sp³-hybridized carbons (Fsp3) is 0.429. The van der Waals surface area contributed by atoms with Crippen LogP contribution in [0.1, 0.15) is 24.7 Å². The van der Waals surface area contributed by atoms with Crippen LogP contribution in [-0.2, 0) is 0 Å². The minimum Gasteiger partial charge on any atom is -0.334 e. The molecule has 0 saturated carbocycles. The minimum atomic E-state index is -0.212. The molecule has 5 nitrogen and oxygen atoms in total. The summed E-state index contributed by atoms with van der Waals surface area (Å²) in [6, 6.07) is 5.62. The van der Waals surface area contributed by atoms with Crippen molar-refractivity contribution >= 4 is 31.9 Å². The normalized spacial score (nSPS) is 17.3. The number of halogens is 2. The van der Waals surface area contributed by atoms with Gasteiger partial charge in [-0.2, -0.15) is 4.98 Å². The van der Waals surface area contributed by atoms with Gasteiger partial charge in [-0.15, -0.1) is 0 Å². The van der Waals surface area contributed by atoms with E-state index in [2.05, 4.69) is 46.9 Å². The van der Waals surface area contributed by atoms with Gasteiger partial charge in [0.1, 0.15) is 0 Å². The highest BCUT2D eigenvalue weighted by molar-refractivity contribution is 9.11. The smallest absolute Gasteiger partial charge is 0.258 e. The molecule has 0 radical (unpaired) electrons. The number of likely N-dealkylation sites (tertiary alicyclic amines) is 1. The zero-order chi connectivity index (χ0) is 14.8. The van der Waals surface area contributed by atoms with Gasteiger partial charge in [-0.05, 0) is 44.1 Å². The van der Waals surface area contributed by atoms with Gasteiger partial charge in [0.05, 0.1) is 6.04 Å². The summed E-state index contributed by atoms with van der Waals surface area (Å²) in [5.74, 6) is 1.05. The number of aromatic nitrogens is 2. The van der Waals surface area contributed by atoms with Crippen LogP contribution in [0.15, 0.2) is 31.7 Å². The molecule has 0 amide bonds. The summed E-state index contributed by atoms with van der Waals surface area (Å²) < 4.78 is 7.25. The van der Waals surface area contributed by atoms with Gasteiger partial charge in [0.2, 0.25) is 0 Å². The predicted molar refractivity (Wildman–Crippen MR) is 87.7 cm³/mol. The van der Waals surface area contributed by atoms with E-state index in [9.17, 15) is 0 Å². The van der Waals surface area contributed by atoms with Gasteiger partial charge in [-0.3, -0.25) is 0 Å². The summed E-state index contributed by atoms with van der Waals surface area (Å²) in [6.45, 7) is 3.00. The highest BCUT2D eigenvalue weighted by Gasteiger charge is 2.20. The molecule has 1 aliphatic heterocycles. The molecule has 1 aromatic carbocycles. The highest BCUT2D eigenvalue weighted by atomic mass is 79.9. The lowest BCUT2D eigenvalue weighted by Crippen LogP contribution is -2.30. The highest BCUT2D eigenvalue weighted by Crippen LogP contribution is 2.27. The molecular formula is C14H16Br2N4O. The Morgan fingerprint density at radius 3 is 2.52 bits per heavy atom. The van der Waals surface area contributed by atoms with Gasteiger partial charge >= 0.3 is 0 Å². The Morgan fingerprint density at radius 1 is 1.19 bits per heavy atom. The first kappa shape index (κ1) is 15.1. The van der Waals surface area contributed by atoms with Crippen LogP contribution >= 0.6 is 31.9 Å². The maximum atomic E-state index is 6.18. The molecular weight excluding hydrogens is 400 g/mol. The Bertz CT molecular complexity index is 605. The minimum absolute atomic E-state index is 0.212. The molecule has 7 heteroatoms. The molecule has 1 aliphatic rings. The Balaban J connectivity index is 1.75. The number of hydrogen-bond acceptors (Lipinski definition) is 5. The number of rotatable bonds is 4. The lowest BCUT2D eigenvalue weighted by Gasteiger charge is -2.17. The number of nitrogens with two attached hydrogens (primary N) is 1. The predicted octanol–water partition coefficient (Wildman–Crippen LogP) is 3.36. The topological polar surface area (TPSA) is 68.2 Å². The third-order valence-corrected chi connectivity index (χ3v) is 4.45. The quantitative estimate of drug-likeness (QED) is 0.829. The van der Waals surface area contributed by atoms with Crippen molar-refractivity contribution in [2.24, 2.45) is 5.73 Å². The van der Waals surface area contributed by atoms with E-state index in [1.807, 2.05) is 18.2 Å². The Morgan fingerprint density at radius 2 is 1.86 bits per heavy atom. The second-order valence-electron chi connectivity index (χ2n) is 5.23. The average Bonchev–Trinajstić information content (AvgIpc) is 3.08. The fourth-order valence-corrected chi connectivity index (χ4v) is 3.80.